The van der Waals surface area contributed by atoms with E-state index in [1.165, 1.54) is 11.7 Å². The third-order valence-electron chi connectivity index (χ3n) is 2.84. The van der Waals surface area contributed by atoms with Gasteiger partial charge in [0.05, 0.1) is 6.61 Å². The SMILES string of the molecule is COCCn1c(Cc2ccc(Cl)cc2)nnc1S(N)(=O)=O. The number of methoxy groups -OCH3 is 1. The summed E-state index contributed by atoms with van der Waals surface area (Å²) in [4.78, 5) is 0. The first kappa shape index (κ1) is 15.9. The van der Waals surface area contributed by atoms with Crippen molar-refractivity contribution in [1.82, 2.24) is 14.8 Å². The summed E-state index contributed by atoms with van der Waals surface area (Å²) < 4.78 is 29.5. The summed E-state index contributed by atoms with van der Waals surface area (Å²) in [5.41, 5.74) is 0.937. The van der Waals surface area contributed by atoms with Gasteiger partial charge in [-0.15, -0.1) is 10.2 Å². The van der Waals surface area contributed by atoms with Crippen LogP contribution in [0, 0.1) is 0 Å². The number of hydrogen-bond acceptors (Lipinski definition) is 5. The predicted octanol–water partition coefficient (Wildman–Crippen LogP) is 0.816. The first-order valence-electron chi connectivity index (χ1n) is 6.10. The first-order chi connectivity index (χ1) is 9.91. The second-order valence-electron chi connectivity index (χ2n) is 4.39. The third kappa shape index (κ3) is 4.01. The smallest absolute Gasteiger partial charge is 0.273 e. The number of aromatic nitrogens is 3. The van der Waals surface area contributed by atoms with Crippen LogP contribution in [0.2, 0.25) is 5.02 Å². The Morgan fingerprint density at radius 3 is 2.52 bits per heavy atom. The summed E-state index contributed by atoms with van der Waals surface area (Å²) in [6.45, 7) is 0.631. The van der Waals surface area contributed by atoms with Crippen molar-refractivity contribution in [2.75, 3.05) is 13.7 Å². The van der Waals surface area contributed by atoms with E-state index in [2.05, 4.69) is 10.2 Å². The summed E-state index contributed by atoms with van der Waals surface area (Å²) in [5, 5.41) is 13.1. The van der Waals surface area contributed by atoms with Gasteiger partial charge in [0.1, 0.15) is 5.82 Å². The van der Waals surface area contributed by atoms with Gasteiger partial charge in [0.2, 0.25) is 0 Å². The lowest BCUT2D eigenvalue weighted by Gasteiger charge is -2.08. The van der Waals surface area contributed by atoms with E-state index in [0.29, 0.717) is 30.4 Å². The Bertz CT molecular complexity index is 713. The standard InChI is InChI=1S/C12H15ClN4O3S/c1-20-7-6-17-11(15-16-12(17)21(14,18)19)8-9-2-4-10(13)5-3-9/h2-5H,6-8H2,1H3,(H2,14,18,19). The van der Waals surface area contributed by atoms with Gasteiger partial charge >= 0.3 is 0 Å². The van der Waals surface area contributed by atoms with Gasteiger partial charge in [0.25, 0.3) is 15.2 Å². The normalized spacial score (nSPS) is 11.8. The van der Waals surface area contributed by atoms with Crippen molar-refractivity contribution in [3.05, 3.63) is 40.7 Å². The van der Waals surface area contributed by atoms with Crippen molar-refractivity contribution in [3.8, 4) is 0 Å². The number of nitrogens with zero attached hydrogens (tertiary/aromatic N) is 3. The van der Waals surface area contributed by atoms with E-state index < -0.39 is 10.0 Å². The Morgan fingerprint density at radius 1 is 1.29 bits per heavy atom. The molecule has 1 aromatic carbocycles. The van der Waals surface area contributed by atoms with Gasteiger partial charge in [-0.1, -0.05) is 23.7 Å². The fraction of sp³-hybridized carbons (Fsp3) is 0.333. The largest absolute Gasteiger partial charge is 0.383 e. The molecule has 2 aromatic rings. The molecule has 0 aliphatic carbocycles. The van der Waals surface area contributed by atoms with Crippen molar-refractivity contribution in [2.45, 2.75) is 18.1 Å². The molecule has 2 rings (SSSR count). The van der Waals surface area contributed by atoms with Crippen LogP contribution in [0.25, 0.3) is 0 Å². The zero-order valence-electron chi connectivity index (χ0n) is 11.4. The van der Waals surface area contributed by atoms with Crippen LogP contribution in [0.3, 0.4) is 0 Å². The van der Waals surface area contributed by atoms with Gasteiger partial charge in [-0.3, -0.25) is 4.57 Å². The minimum Gasteiger partial charge on any atom is -0.383 e. The Kier molecular flexibility index (Phi) is 4.94. The lowest BCUT2D eigenvalue weighted by Crippen LogP contribution is -2.21. The summed E-state index contributed by atoms with van der Waals surface area (Å²) in [7, 11) is -2.40. The van der Waals surface area contributed by atoms with Crippen LogP contribution < -0.4 is 5.14 Å². The van der Waals surface area contributed by atoms with Gasteiger partial charge < -0.3 is 4.74 Å². The van der Waals surface area contributed by atoms with E-state index in [1.54, 1.807) is 12.1 Å². The van der Waals surface area contributed by atoms with E-state index in [0.717, 1.165) is 5.56 Å². The Hall–Kier alpha value is -1.48. The van der Waals surface area contributed by atoms with Crippen LogP contribution in [0.4, 0.5) is 0 Å². The zero-order chi connectivity index (χ0) is 15.5. The van der Waals surface area contributed by atoms with E-state index in [-0.39, 0.29) is 5.16 Å². The number of benzene rings is 1. The van der Waals surface area contributed by atoms with E-state index in [1.807, 2.05) is 12.1 Å². The van der Waals surface area contributed by atoms with Crippen molar-refractivity contribution in [3.63, 3.8) is 0 Å². The zero-order valence-corrected chi connectivity index (χ0v) is 12.9. The van der Waals surface area contributed by atoms with Crippen molar-refractivity contribution in [2.24, 2.45) is 5.14 Å². The van der Waals surface area contributed by atoms with Gasteiger partial charge in [-0.25, -0.2) is 13.6 Å². The van der Waals surface area contributed by atoms with Crippen LogP contribution in [0.5, 0.6) is 0 Å². The first-order valence-corrected chi connectivity index (χ1v) is 8.02. The van der Waals surface area contributed by atoms with E-state index in [4.69, 9.17) is 21.5 Å². The van der Waals surface area contributed by atoms with Crippen LogP contribution in [0.1, 0.15) is 11.4 Å². The second-order valence-corrected chi connectivity index (χ2v) is 6.28. The second kappa shape index (κ2) is 6.52. The van der Waals surface area contributed by atoms with E-state index >= 15 is 0 Å². The number of halogens is 1. The molecule has 0 amide bonds. The monoisotopic (exact) mass is 330 g/mol. The number of primary sulfonamides is 1. The fourth-order valence-corrected chi connectivity index (χ4v) is 2.64. The Morgan fingerprint density at radius 2 is 1.95 bits per heavy atom. The van der Waals surface area contributed by atoms with Crippen molar-refractivity contribution < 1.29 is 13.2 Å². The van der Waals surface area contributed by atoms with Gasteiger partial charge in [0, 0.05) is 25.1 Å². The molecule has 0 aliphatic heterocycles. The average molecular weight is 331 g/mol. The lowest BCUT2D eigenvalue weighted by atomic mass is 10.1. The number of hydrogen-bond donors (Lipinski definition) is 1. The molecule has 0 saturated carbocycles. The summed E-state index contributed by atoms with van der Waals surface area (Å²) in [5.74, 6) is 0.499. The van der Waals surface area contributed by atoms with Gasteiger partial charge in [0.15, 0.2) is 0 Å². The molecule has 21 heavy (non-hydrogen) atoms. The average Bonchev–Trinajstić information content (AvgIpc) is 2.82. The highest BCUT2D eigenvalue weighted by molar-refractivity contribution is 7.89. The molecule has 2 N–H and O–H groups in total. The molecular formula is C12H15ClN4O3S. The van der Waals surface area contributed by atoms with Crippen LogP contribution in [0.15, 0.2) is 29.4 Å². The van der Waals surface area contributed by atoms with E-state index in [9.17, 15) is 8.42 Å². The van der Waals surface area contributed by atoms with Gasteiger partial charge in [-0.2, -0.15) is 0 Å². The third-order valence-corrected chi connectivity index (χ3v) is 3.91. The highest BCUT2D eigenvalue weighted by Crippen LogP contribution is 2.15. The highest BCUT2D eigenvalue weighted by atomic mass is 35.5. The maximum absolute atomic E-state index is 11.5. The maximum atomic E-state index is 11.5. The molecule has 0 spiro atoms. The van der Waals surface area contributed by atoms with Gasteiger partial charge in [-0.05, 0) is 17.7 Å². The molecule has 0 radical (unpaired) electrons. The topological polar surface area (TPSA) is 100 Å². The molecule has 0 fully saturated rings. The Labute approximate surface area is 127 Å². The van der Waals surface area contributed by atoms with Crippen molar-refractivity contribution in [1.29, 1.82) is 0 Å². The minimum atomic E-state index is -3.93. The lowest BCUT2D eigenvalue weighted by molar-refractivity contribution is 0.183. The summed E-state index contributed by atoms with van der Waals surface area (Å²) >= 11 is 5.83. The maximum Gasteiger partial charge on any atom is 0.273 e. The van der Waals surface area contributed by atoms with Crippen LogP contribution in [-0.4, -0.2) is 36.9 Å². The number of sulfonamides is 1. The fourth-order valence-electron chi connectivity index (χ4n) is 1.85. The van der Waals surface area contributed by atoms with Crippen LogP contribution in [-0.2, 0) is 27.7 Å². The minimum absolute atomic E-state index is 0.261. The predicted molar refractivity (Wildman–Crippen MR) is 77.5 cm³/mol. The molecule has 0 unspecified atom stereocenters. The number of rotatable bonds is 6. The number of nitrogens with two attached hydrogens (primary N) is 1. The molecule has 7 nitrogen and oxygen atoms in total. The summed E-state index contributed by atoms with van der Waals surface area (Å²) in [6, 6.07) is 7.20. The quantitative estimate of drug-likeness (QED) is 0.845. The number of ether oxygens (including phenoxy) is 1. The summed E-state index contributed by atoms with van der Waals surface area (Å²) in [6.07, 6.45) is 0.420. The molecule has 0 bridgehead atoms. The molecule has 1 aromatic heterocycles. The Balaban J connectivity index is 2.34. The molecule has 1 heterocycles. The molecule has 9 heteroatoms. The molecule has 0 atom stereocenters. The molecular weight excluding hydrogens is 316 g/mol. The highest BCUT2D eigenvalue weighted by Gasteiger charge is 2.21. The molecule has 0 aliphatic rings. The van der Waals surface area contributed by atoms with Crippen molar-refractivity contribution >= 4 is 21.6 Å². The molecule has 114 valence electrons. The molecule has 0 saturated heterocycles. The van der Waals surface area contributed by atoms with Crippen LogP contribution >= 0.6 is 11.6 Å².